The Balaban J connectivity index is 1.47. The van der Waals surface area contributed by atoms with Crippen LogP contribution in [-0.4, -0.2) is 51.0 Å². The van der Waals surface area contributed by atoms with Crippen molar-refractivity contribution in [3.05, 3.63) is 29.3 Å². The molecule has 0 spiro atoms. The molecule has 1 aromatic rings. The molecule has 1 saturated heterocycles. The number of rotatable bonds is 8. The van der Waals surface area contributed by atoms with Crippen molar-refractivity contribution in [1.82, 2.24) is 21.5 Å². The van der Waals surface area contributed by atoms with Gasteiger partial charge in [0, 0.05) is 18.3 Å². The van der Waals surface area contributed by atoms with Gasteiger partial charge in [-0.25, -0.2) is 18.6 Å². The van der Waals surface area contributed by atoms with Crippen molar-refractivity contribution in [2.75, 3.05) is 6.26 Å². The third-order valence-electron chi connectivity index (χ3n) is 6.49. The van der Waals surface area contributed by atoms with E-state index in [4.69, 9.17) is 4.74 Å². The lowest BCUT2D eigenvalue weighted by Gasteiger charge is -2.19. The molecule has 2 amide bonds. The van der Waals surface area contributed by atoms with Gasteiger partial charge in [-0.15, -0.1) is 0 Å². The van der Waals surface area contributed by atoms with Crippen LogP contribution in [0, 0.1) is 12.8 Å². The molecule has 4 N–H and O–H groups in total. The second kappa shape index (κ2) is 10.8. The lowest BCUT2D eigenvalue weighted by molar-refractivity contribution is -0.121. The number of ether oxygens (including phenoxy) is 1. The van der Waals surface area contributed by atoms with Gasteiger partial charge in [0.15, 0.2) is 9.84 Å². The van der Waals surface area contributed by atoms with Gasteiger partial charge in [-0.2, -0.15) is 0 Å². The van der Waals surface area contributed by atoms with E-state index in [1.165, 1.54) is 0 Å². The smallest absolute Gasteiger partial charge is 0.407 e. The SMILES string of the molecule is CC[C@H](C)NC(=O)O[C@@H]1CC[C@H](C2CC(NC(=O)Cc3ccc(C)cc3S(C)(=O)=O)NN2)C1. The maximum atomic E-state index is 12.6. The number of benzene rings is 1. The Morgan fingerprint density at radius 3 is 2.67 bits per heavy atom. The lowest BCUT2D eigenvalue weighted by Crippen LogP contribution is -2.45. The Morgan fingerprint density at radius 2 is 1.97 bits per heavy atom. The Bertz CT molecular complexity index is 968. The Hall–Kier alpha value is -2.17. The van der Waals surface area contributed by atoms with Gasteiger partial charge >= 0.3 is 6.09 Å². The minimum Gasteiger partial charge on any atom is -0.446 e. The predicted molar refractivity (Wildman–Crippen MR) is 125 cm³/mol. The fraction of sp³-hybridized carbons (Fsp3) is 0.652. The fourth-order valence-electron chi connectivity index (χ4n) is 4.49. The molecule has 33 heavy (non-hydrogen) atoms. The van der Waals surface area contributed by atoms with E-state index in [-0.39, 0.29) is 47.7 Å². The minimum absolute atomic E-state index is 0.00380. The molecular formula is C23H36N4O5S. The first-order valence-corrected chi connectivity index (χ1v) is 13.5. The summed E-state index contributed by atoms with van der Waals surface area (Å²) in [6.07, 6.45) is 4.57. The van der Waals surface area contributed by atoms with E-state index in [0.717, 1.165) is 37.5 Å². The monoisotopic (exact) mass is 480 g/mol. The molecule has 0 radical (unpaired) electrons. The number of hydrogen-bond donors (Lipinski definition) is 4. The van der Waals surface area contributed by atoms with Crippen LogP contribution in [0.15, 0.2) is 23.1 Å². The zero-order chi connectivity index (χ0) is 24.2. The molecule has 0 bridgehead atoms. The van der Waals surface area contributed by atoms with Crippen LogP contribution in [0.1, 0.15) is 57.1 Å². The topological polar surface area (TPSA) is 126 Å². The number of sulfone groups is 1. The number of aryl methyl sites for hydroxylation is 1. The summed E-state index contributed by atoms with van der Waals surface area (Å²) < 4.78 is 29.7. The van der Waals surface area contributed by atoms with Gasteiger partial charge in [0.2, 0.25) is 5.91 Å². The third kappa shape index (κ3) is 7.15. The summed E-state index contributed by atoms with van der Waals surface area (Å²) in [6.45, 7) is 5.78. The van der Waals surface area contributed by atoms with Crippen molar-refractivity contribution in [3.63, 3.8) is 0 Å². The number of amides is 2. The average Bonchev–Trinajstić information content (AvgIpc) is 3.37. The standard InChI is InChI=1S/C23H36N4O5S/c1-5-15(3)24-23(29)32-18-9-8-16(11-18)19-13-21(27-26-19)25-22(28)12-17-7-6-14(2)10-20(17)33(4,30)31/h6-7,10,15-16,18-19,21,26-27H,5,8-9,11-13H2,1-4H3,(H,24,29)(H,25,28)/t15-,16-,18+,19?,21?/m0/s1. The minimum atomic E-state index is -3.42. The van der Waals surface area contributed by atoms with Crippen molar-refractivity contribution in [3.8, 4) is 0 Å². The van der Waals surface area contributed by atoms with Gasteiger partial charge in [-0.1, -0.05) is 19.1 Å². The number of hydrazine groups is 1. The molecule has 1 aromatic carbocycles. The van der Waals surface area contributed by atoms with Crippen LogP contribution >= 0.6 is 0 Å². The zero-order valence-corrected chi connectivity index (χ0v) is 20.6. The van der Waals surface area contributed by atoms with Gasteiger partial charge < -0.3 is 15.4 Å². The van der Waals surface area contributed by atoms with Crippen molar-refractivity contribution < 1.29 is 22.7 Å². The first-order chi connectivity index (χ1) is 15.5. The largest absolute Gasteiger partial charge is 0.446 e. The molecule has 2 aliphatic rings. The molecule has 1 heterocycles. The van der Waals surface area contributed by atoms with E-state index in [1.807, 2.05) is 26.8 Å². The summed E-state index contributed by atoms with van der Waals surface area (Å²) in [4.78, 5) is 24.8. The number of carbonyl (C=O) groups excluding carboxylic acids is 2. The number of nitrogens with one attached hydrogen (secondary N) is 4. The van der Waals surface area contributed by atoms with E-state index in [2.05, 4.69) is 21.5 Å². The van der Waals surface area contributed by atoms with Crippen LogP contribution in [0.4, 0.5) is 4.79 Å². The van der Waals surface area contributed by atoms with Crippen LogP contribution in [0.25, 0.3) is 0 Å². The Kier molecular flexibility index (Phi) is 8.36. The molecule has 0 aromatic heterocycles. The van der Waals surface area contributed by atoms with Crippen LogP contribution < -0.4 is 21.5 Å². The Morgan fingerprint density at radius 1 is 1.21 bits per heavy atom. The first kappa shape index (κ1) is 25.5. The molecule has 1 aliphatic carbocycles. The maximum absolute atomic E-state index is 12.6. The van der Waals surface area contributed by atoms with E-state index in [0.29, 0.717) is 17.9 Å². The first-order valence-electron chi connectivity index (χ1n) is 11.6. The van der Waals surface area contributed by atoms with Crippen LogP contribution in [0.2, 0.25) is 0 Å². The lowest BCUT2D eigenvalue weighted by atomic mass is 9.96. The molecule has 1 saturated carbocycles. The van der Waals surface area contributed by atoms with E-state index < -0.39 is 9.84 Å². The molecular weight excluding hydrogens is 444 g/mol. The van der Waals surface area contributed by atoms with Gasteiger partial charge in [0.1, 0.15) is 6.10 Å². The number of alkyl carbamates (subject to hydrolysis) is 1. The maximum Gasteiger partial charge on any atom is 0.407 e. The predicted octanol–water partition coefficient (Wildman–Crippen LogP) is 1.94. The summed E-state index contributed by atoms with van der Waals surface area (Å²) >= 11 is 0. The second-order valence-electron chi connectivity index (χ2n) is 9.37. The quantitative estimate of drug-likeness (QED) is 0.448. The molecule has 10 heteroatoms. The number of hydrogen-bond acceptors (Lipinski definition) is 7. The summed E-state index contributed by atoms with van der Waals surface area (Å²) in [5, 5.41) is 5.77. The summed E-state index contributed by atoms with van der Waals surface area (Å²) in [5.74, 6) is 0.104. The van der Waals surface area contributed by atoms with Crippen molar-refractivity contribution in [2.24, 2.45) is 5.92 Å². The third-order valence-corrected chi connectivity index (χ3v) is 7.66. The molecule has 184 valence electrons. The van der Waals surface area contributed by atoms with Crippen molar-refractivity contribution in [2.45, 2.75) is 88.5 Å². The molecule has 1 aliphatic heterocycles. The van der Waals surface area contributed by atoms with Crippen molar-refractivity contribution >= 4 is 21.8 Å². The molecule has 2 unspecified atom stereocenters. The van der Waals surface area contributed by atoms with Gasteiger partial charge in [0.25, 0.3) is 0 Å². The van der Waals surface area contributed by atoms with E-state index in [1.54, 1.807) is 12.1 Å². The van der Waals surface area contributed by atoms with Gasteiger partial charge in [-0.3, -0.25) is 10.2 Å². The highest BCUT2D eigenvalue weighted by Crippen LogP contribution is 2.33. The molecule has 9 nitrogen and oxygen atoms in total. The normalized spacial score (nSPS) is 26.1. The second-order valence-corrected chi connectivity index (χ2v) is 11.3. The Labute approximate surface area is 196 Å². The summed E-state index contributed by atoms with van der Waals surface area (Å²) in [7, 11) is -3.42. The van der Waals surface area contributed by atoms with Gasteiger partial charge in [0.05, 0.1) is 17.5 Å². The molecule has 5 atom stereocenters. The molecule has 2 fully saturated rings. The molecule has 3 rings (SSSR count). The highest BCUT2D eigenvalue weighted by molar-refractivity contribution is 7.90. The highest BCUT2D eigenvalue weighted by atomic mass is 32.2. The van der Waals surface area contributed by atoms with Crippen LogP contribution in [0.5, 0.6) is 0 Å². The van der Waals surface area contributed by atoms with E-state index >= 15 is 0 Å². The number of carbonyl (C=O) groups is 2. The van der Waals surface area contributed by atoms with Gasteiger partial charge in [-0.05, 0) is 69.1 Å². The zero-order valence-electron chi connectivity index (χ0n) is 19.8. The van der Waals surface area contributed by atoms with E-state index in [9.17, 15) is 18.0 Å². The highest BCUT2D eigenvalue weighted by Gasteiger charge is 2.37. The van der Waals surface area contributed by atoms with Crippen molar-refractivity contribution in [1.29, 1.82) is 0 Å². The van der Waals surface area contributed by atoms with Crippen LogP contribution in [0.3, 0.4) is 0 Å². The average molecular weight is 481 g/mol. The summed E-state index contributed by atoms with van der Waals surface area (Å²) in [5.41, 5.74) is 7.71. The van der Waals surface area contributed by atoms with Crippen LogP contribution in [-0.2, 0) is 25.8 Å². The summed E-state index contributed by atoms with van der Waals surface area (Å²) in [6, 6.07) is 5.36. The fourth-order valence-corrected chi connectivity index (χ4v) is 5.51.